The number of hydrogen-bond donors (Lipinski definition) is 0. The molecular weight excluding hydrogens is 853 g/mol. The van der Waals surface area contributed by atoms with Gasteiger partial charge in [0.1, 0.15) is 0 Å². The number of carbonyl (C=O) groups excluding carboxylic acids is 3. The molecule has 1 amide bonds. The van der Waals surface area contributed by atoms with Crippen molar-refractivity contribution in [2.75, 3.05) is 40.4 Å². The smallest absolute Gasteiger partial charge is 0.305 e. The van der Waals surface area contributed by atoms with Crippen LogP contribution in [0.2, 0.25) is 0 Å². The molecule has 0 spiro atoms. The normalized spacial score (nSPS) is 12.9. The minimum Gasteiger partial charge on any atom is -0.466 e. The van der Waals surface area contributed by atoms with Crippen molar-refractivity contribution in [3.05, 3.63) is 0 Å². The van der Waals surface area contributed by atoms with Gasteiger partial charge in [-0.2, -0.15) is 0 Å². The predicted molar refractivity (Wildman–Crippen MR) is 299 cm³/mol. The van der Waals surface area contributed by atoms with Gasteiger partial charge in [0.05, 0.1) is 13.2 Å². The van der Waals surface area contributed by atoms with Crippen LogP contribution in [-0.2, 0) is 23.9 Å². The minimum absolute atomic E-state index is 0.0354. The van der Waals surface area contributed by atoms with Crippen molar-refractivity contribution in [3.63, 3.8) is 0 Å². The van der Waals surface area contributed by atoms with Gasteiger partial charge in [0.25, 0.3) is 0 Å². The Morgan fingerprint density at radius 3 is 1.16 bits per heavy atom. The van der Waals surface area contributed by atoms with Crippen molar-refractivity contribution in [2.24, 2.45) is 11.8 Å². The fourth-order valence-electron chi connectivity index (χ4n) is 10.4. The van der Waals surface area contributed by atoms with Gasteiger partial charge in [0.2, 0.25) is 5.91 Å². The lowest BCUT2D eigenvalue weighted by molar-refractivity contribution is -0.145. The molecule has 0 aliphatic rings. The molecule has 7 heteroatoms. The number of ether oxygens (including phenoxy) is 2. The molecule has 7 nitrogen and oxygen atoms in total. The third-order valence-corrected chi connectivity index (χ3v) is 15.0. The van der Waals surface area contributed by atoms with Crippen molar-refractivity contribution < 1.29 is 23.9 Å². The van der Waals surface area contributed by atoms with Crippen molar-refractivity contribution in [1.29, 1.82) is 0 Å². The largest absolute Gasteiger partial charge is 0.466 e. The van der Waals surface area contributed by atoms with Crippen LogP contribution in [0.1, 0.15) is 324 Å². The summed E-state index contributed by atoms with van der Waals surface area (Å²) in [4.78, 5) is 44.3. The first-order valence-electron chi connectivity index (χ1n) is 31.0. The summed E-state index contributed by atoms with van der Waals surface area (Å²) < 4.78 is 11.7. The molecule has 3 unspecified atom stereocenters. The van der Waals surface area contributed by atoms with Gasteiger partial charge in [-0.05, 0) is 96.7 Å². The Bertz CT molecular complexity index is 1100. The van der Waals surface area contributed by atoms with Gasteiger partial charge in [-0.15, -0.1) is 0 Å². The lowest BCUT2D eigenvalue weighted by Gasteiger charge is -2.33. The van der Waals surface area contributed by atoms with Gasteiger partial charge < -0.3 is 19.3 Å². The van der Waals surface area contributed by atoms with Crippen molar-refractivity contribution in [1.82, 2.24) is 9.80 Å². The highest BCUT2D eigenvalue weighted by molar-refractivity contribution is 5.76. The number of amides is 1. The molecule has 0 aliphatic heterocycles. The van der Waals surface area contributed by atoms with Gasteiger partial charge >= 0.3 is 11.9 Å². The lowest BCUT2D eigenvalue weighted by atomic mass is 9.90. The second-order valence-electron chi connectivity index (χ2n) is 22.1. The average molecular weight is 976 g/mol. The zero-order valence-corrected chi connectivity index (χ0v) is 47.8. The molecule has 69 heavy (non-hydrogen) atoms. The topological polar surface area (TPSA) is 76.2 Å². The number of nitrogens with zero attached hydrogens (tertiary/aromatic N) is 2. The third kappa shape index (κ3) is 45.9. The Morgan fingerprint density at radius 2 is 0.696 bits per heavy atom. The van der Waals surface area contributed by atoms with E-state index in [0.29, 0.717) is 44.3 Å². The molecule has 0 aromatic heterocycles. The van der Waals surface area contributed by atoms with Crippen molar-refractivity contribution in [2.45, 2.75) is 330 Å². The fraction of sp³-hybridized carbons (Fsp3) is 0.952. The summed E-state index contributed by atoms with van der Waals surface area (Å²) in [7, 11) is 4.23. The van der Waals surface area contributed by atoms with Gasteiger partial charge in [0.15, 0.2) is 0 Å². The number of carbonyl (C=O) groups is 3. The zero-order valence-electron chi connectivity index (χ0n) is 47.8. The van der Waals surface area contributed by atoms with E-state index in [1.54, 1.807) is 0 Å². The molecule has 0 N–H and O–H groups in total. The van der Waals surface area contributed by atoms with E-state index in [9.17, 15) is 14.4 Å². The van der Waals surface area contributed by atoms with Gasteiger partial charge in [0, 0.05) is 31.8 Å². The maximum atomic E-state index is 14.0. The van der Waals surface area contributed by atoms with Crippen LogP contribution in [0.15, 0.2) is 0 Å². The van der Waals surface area contributed by atoms with Crippen LogP contribution < -0.4 is 0 Å². The number of esters is 2. The van der Waals surface area contributed by atoms with E-state index in [-0.39, 0.29) is 18.0 Å². The second-order valence-corrected chi connectivity index (χ2v) is 22.1. The number of unbranched alkanes of at least 4 members (excludes halogenated alkanes) is 26. The molecule has 0 aromatic carbocycles. The van der Waals surface area contributed by atoms with Crippen LogP contribution in [-0.4, -0.2) is 74.1 Å². The lowest BCUT2D eigenvalue weighted by Crippen LogP contribution is -2.41. The van der Waals surface area contributed by atoms with Crippen molar-refractivity contribution >= 4 is 17.8 Å². The summed E-state index contributed by atoms with van der Waals surface area (Å²) in [6.07, 6.45) is 52.3. The molecular formula is C62H122N2O5. The highest BCUT2D eigenvalue weighted by Crippen LogP contribution is 2.25. The van der Waals surface area contributed by atoms with Crippen LogP contribution in [0.4, 0.5) is 0 Å². The molecule has 0 fully saturated rings. The minimum atomic E-state index is -0.0450. The SMILES string of the molecule is CCCCCCCCCC(CCCCCC)CCCOC(=O)CCCCCC(CCCCCC(=O)OCC(CCCCCC)CCCCCCCC)N(CCCN(C)C)C(=O)CCCCCCCC. The summed E-state index contributed by atoms with van der Waals surface area (Å²) in [5.74, 6) is 1.50. The quantitative estimate of drug-likeness (QED) is 0.0446. The first kappa shape index (κ1) is 67.4. The summed E-state index contributed by atoms with van der Waals surface area (Å²) in [6.45, 7) is 14.3. The predicted octanol–water partition coefficient (Wildman–Crippen LogP) is 18.7. The molecule has 0 aromatic rings. The number of hydrogen-bond acceptors (Lipinski definition) is 6. The van der Waals surface area contributed by atoms with E-state index in [1.807, 2.05) is 0 Å². The maximum absolute atomic E-state index is 14.0. The summed E-state index contributed by atoms with van der Waals surface area (Å²) in [6, 6.07) is 0.199. The summed E-state index contributed by atoms with van der Waals surface area (Å²) in [5, 5.41) is 0. The monoisotopic (exact) mass is 975 g/mol. The van der Waals surface area contributed by atoms with Gasteiger partial charge in [-0.3, -0.25) is 14.4 Å². The number of rotatable bonds is 55. The average Bonchev–Trinajstić information content (AvgIpc) is 3.34. The van der Waals surface area contributed by atoms with E-state index in [1.165, 1.54) is 193 Å². The molecule has 0 aliphatic carbocycles. The van der Waals surface area contributed by atoms with E-state index < -0.39 is 0 Å². The molecule has 0 radical (unpaired) electrons. The molecule has 0 saturated heterocycles. The first-order chi connectivity index (χ1) is 33.7. The highest BCUT2D eigenvalue weighted by atomic mass is 16.5. The Labute approximate surface area is 431 Å². The Hall–Kier alpha value is -1.63. The molecule has 0 heterocycles. The molecule has 410 valence electrons. The van der Waals surface area contributed by atoms with Gasteiger partial charge in [-0.1, -0.05) is 240 Å². The highest BCUT2D eigenvalue weighted by Gasteiger charge is 2.23. The van der Waals surface area contributed by atoms with Crippen LogP contribution in [0.25, 0.3) is 0 Å². The third-order valence-electron chi connectivity index (χ3n) is 15.0. The Balaban J connectivity index is 5.23. The second kappa shape index (κ2) is 52.7. The maximum Gasteiger partial charge on any atom is 0.305 e. The summed E-state index contributed by atoms with van der Waals surface area (Å²) in [5.41, 5.74) is 0. The van der Waals surface area contributed by atoms with Crippen LogP contribution in [0.5, 0.6) is 0 Å². The fourth-order valence-corrected chi connectivity index (χ4v) is 10.4. The van der Waals surface area contributed by atoms with E-state index >= 15 is 0 Å². The summed E-state index contributed by atoms with van der Waals surface area (Å²) >= 11 is 0. The molecule has 0 rings (SSSR count). The van der Waals surface area contributed by atoms with E-state index in [2.05, 4.69) is 58.5 Å². The molecule has 0 bridgehead atoms. The van der Waals surface area contributed by atoms with E-state index in [0.717, 1.165) is 96.1 Å². The van der Waals surface area contributed by atoms with E-state index in [4.69, 9.17) is 9.47 Å². The van der Waals surface area contributed by atoms with Gasteiger partial charge in [-0.25, -0.2) is 0 Å². The van der Waals surface area contributed by atoms with Crippen molar-refractivity contribution in [3.8, 4) is 0 Å². The molecule has 3 atom stereocenters. The first-order valence-corrected chi connectivity index (χ1v) is 31.0. The molecule has 0 saturated carbocycles. The zero-order chi connectivity index (χ0) is 50.7. The van der Waals surface area contributed by atoms with Crippen LogP contribution in [0, 0.1) is 11.8 Å². The standard InChI is InChI=1S/C62H122N2O5/c1-8-13-18-23-26-28-34-44-57(43-32-21-16-11-4)47-41-55-68-61(66)51-39-30-36-48-59(64(54-42-53-63(6)7)60(65)50-38-29-25-20-15-10-3)49-37-31-40-52-62(67)69-56-58(45-33-22-17-12-5)46-35-27-24-19-14-9-2/h57-59H,8-56H2,1-7H3. The van der Waals surface area contributed by atoms with Crippen LogP contribution >= 0.6 is 0 Å². The van der Waals surface area contributed by atoms with Crippen LogP contribution in [0.3, 0.4) is 0 Å². The Morgan fingerprint density at radius 1 is 0.348 bits per heavy atom. The Kier molecular flexibility index (Phi) is 51.4.